The molecule has 0 fully saturated rings. The molecular formula is C10H10F3N5. The molecule has 1 aromatic rings. The van der Waals surface area contributed by atoms with Crippen LogP contribution in [0.2, 0.25) is 0 Å². The number of hydrogen-bond donors (Lipinski definition) is 1. The van der Waals surface area contributed by atoms with Gasteiger partial charge in [-0.15, -0.1) is 0 Å². The molecular weight excluding hydrogens is 247 g/mol. The summed E-state index contributed by atoms with van der Waals surface area (Å²) in [6, 6.07) is 0.923. The Bertz CT molecular complexity index is 489. The molecule has 0 unspecified atom stereocenters. The highest BCUT2D eigenvalue weighted by molar-refractivity contribution is 5.61. The number of aromatic nitrogens is 1. The van der Waals surface area contributed by atoms with Crippen LogP contribution in [0.25, 0.3) is 16.5 Å². The fourth-order valence-corrected chi connectivity index (χ4v) is 1.17. The van der Waals surface area contributed by atoms with Crippen LogP contribution in [-0.4, -0.2) is 11.5 Å². The third-order valence-electron chi connectivity index (χ3n) is 2.03. The van der Waals surface area contributed by atoms with Gasteiger partial charge in [0.1, 0.15) is 5.82 Å². The zero-order chi connectivity index (χ0) is 13.6. The van der Waals surface area contributed by atoms with Gasteiger partial charge in [0.05, 0.1) is 5.56 Å². The number of hydrogen-bond acceptors (Lipinski definition) is 3. The molecule has 0 saturated carbocycles. The van der Waals surface area contributed by atoms with Crippen molar-refractivity contribution in [1.82, 2.24) is 4.98 Å². The molecule has 18 heavy (non-hydrogen) atoms. The van der Waals surface area contributed by atoms with Crippen molar-refractivity contribution in [1.29, 1.82) is 0 Å². The lowest BCUT2D eigenvalue weighted by atomic mass is 10.1. The molecule has 0 aromatic carbocycles. The Kier molecular flexibility index (Phi) is 4.56. The highest BCUT2D eigenvalue weighted by Gasteiger charge is 2.31. The maximum Gasteiger partial charge on any atom is 0.417 e. The lowest BCUT2D eigenvalue weighted by Gasteiger charge is -2.07. The summed E-state index contributed by atoms with van der Waals surface area (Å²) in [6.45, 7) is 0.235. The van der Waals surface area contributed by atoms with E-state index < -0.39 is 11.7 Å². The summed E-state index contributed by atoms with van der Waals surface area (Å²) in [7, 11) is 0. The lowest BCUT2D eigenvalue weighted by Crippen LogP contribution is -2.07. The Morgan fingerprint density at radius 1 is 1.50 bits per heavy atom. The summed E-state index contributed by atoms with van der Waals surface area (Å²) in [6.07, 6.45) is -0.354. The first-order valence-electron chi connectivity index (χ1n) is 4.95. The summed E-state index contributed by atoms with van der Waals surface area (Å²) >= 11 is 0. The average molecular weight is 257 g/mol. The molecule has 0 atom stereocenters. The van der Waals surface area contributed by atoms with Crippen LogP contribution in [0.3, 0.4) is 0 Å². The smallest absolute Gasteiger partial charge is 0.383 e. The summed E-state index contributed by atoms with van der Waals surface area (Å²) < 4.78 is 37.3. The quantitative estimate of drug-likeness (QED) is 0.387. The predicted octanol–water partition coefficient (Wildman–Crippen LogP) is 3.40. The number of pyridine rings is 1. The molecule has 0 aliphatic carbocycles. The molecule has 0 bridgehead atoms. The molecule has 0 aliphatic heterocycles. The maximum atomic E-state index is 12.4. The third-order valence-corrected chi connectivity index (χ3v) is 2.03. The third kappa shape index (κ3) is 3.99. The number of rotatable bonds is 4. The van der Waals surface area contributed by atoms with Crippen molar-refractivity contribution in [2.24, 2.45) is 5.11 Å². The fraction of sp³-hybridized carbons (Fsp3) is 0.300. The highest BCUT2D eigenvalue weighted by Crippen LogP contribution is 2.30. The van der Waals surface area contributed by atoms with E-state index in [-0.39, 0.29) is 17.9 Å². The Labute approximate surface area is 101 Å². The standard InChI is InChI=1S/C10H10F3N5/c11-10(12,13)8-5-7(9(14)16-6-8)3-1-2-4-17-18-15/h1,3,5-6H,2,4H2,(H2,14,16). The molecule has 8 heteroatoms. The molecule has 0 spiro atoms. The van der Waals surface area contributed by atoms with E-state index in [1.807, 2.05) is 0 Å². The van der Waals surface area contributed by atoms with Crippen LogP contribution in [0.1, 0.15) is 17.5 Å². The number of anilines is 1. The van der Waals surface area contributed by atoms with E-state index in [1.54, 1.807) is 6.08 Å². The number of azide groups is 1. The number of halogens is 3. The van der Waals surface area contributed by atoms with Gasteiger partial charge in [0.25, 0.3) is 0 Å². The molecule has 1 rings (SSSR count). The first kappa shape index (κ1) is 13.9. The Hall–Kier alpha value is -2.21. The van der Waals surface area contributed by atoms with Crippen molar-refractivity contribution in [2.45, 2.75) is 12.6 Å². The van der Waals surface area contributed by atoms with Gasteiger partial charge in [0.2, 0.25) is 0 Å². The molecule has 2 N–H and O–H groups in total. The first-order chi connectivity index (χ1) is 8.45. The molecule has 5 nitrogen and oxygen atoms in total. The molecule has 0 amide bonds. The second-order valence-electron chi connectivity index (χ2n) is 3.34. The summed E-state index contributed by atoms with van der Waals surface area (Å²) in [5.41, 5.74) is 12.8. The molecule has 1 aromatic heterocycles. The summed E-state index contributed by atoms with van der Waals surface area (Å²) in [4.78, 5) is 6.03. The SMILES string of the molecule is [N-]=[N+]=NCCC=Cc1cc(C(F)(F)F)cnc1N. The molecule has 1 heterocycles. The molecule has 0 saturated heterocycles. The summed E-state index contributed by atoms with van der Waals surface area (Å²) in [5, 5.41) is 3.28. The lowest BCUT2D eigenvalue weighted by molar-refractivity contribution is -0.137. The van der Waals surface area contributed by atoms with Crippen LogP contribution in [-0.2, 0) is 6.18 Å². The highest BCUT2D eigenvalue weighted by atomic mass is 19.4. The fourth-order valence-electron chi connectivity index (χ4n) is 1.17. The maximum absolute atomic E-state index is 12.4. The van der Waals surface area contributed by atoms with Gasteiger partial charge in [-0.25, -0.2) is 4.98 Å². The topological polar surface area (TPSA) is 87.7 Å². The van der Waals surface area contributed by atoms with Crippen molar-refractivity contribution >= 4 is 11.9 Å². The zero-order valence-corrected chi connectivity index (χ0v) is 9.22. The monoisotopic (exact) mass is 257 g/mol. The van der Waals surface area contributed by atoms with E-state index in [2.05, 4.69) is 15.0 Å². The average Bonchev–Trinajstić information content (AvgIpc) is 2.29. The number of nitrogens with zero attached hydrogens (tertiary/aromatic N) is 4. The van der Waals surface area contributed by atoms with E-state index in [9.17, 15) is 13.2 Å². The molecule has 0 aliphatic rings. The molecule has 0 radical (unpaired) electrons. The van der Waals surface area contributed by atoms with Crippen molar-refractivity contribution in [3.8, 4) is 0 Å². The number of alkyl halides is 3. The largest absolute Gasteiger partial charge is 0.417 e. The van der Waals surface area contributed by atoms with Crippen LogP contribution in [0.4, 0.5) is 19.0 Å². The van der Waals surface area contributed by atoms with Crippen LogP contribution < -0.4 is 5.73 Å². The van der Waals surface area contributed by atoms with E-state index in [0.29, 0.717) is 12.6 Å². The van der Waals surface area contributed by atoms with Gasteiger partial charge < -0.3 is 5.73 Å². The number of nitrogen functional groups attached to an aromatic ring is 1. The van der Waals surface area contributed by atoms with Crippen LogP contribution >= 0.6 is 0 Å². The van der Waals surface area contributed by atoms with Gasteiger partial charge in [-0.2, -0.15) is 13.2 Å². The minimum absolute atomic E-state index is 0.0167. The zero-order valence-electron chi connectivity index (χ0n) is 9.22. The van der Waals surface area contributed by atoms with Crippen molar-refractivity contribution in [3.63, 3.8) is 0 Å². The van der Waals surface area contributed by atoms with Gasteiger partial charge >= 0.3 is 6.18 Å². The van der Waals surface area contributed by atoms with E-state index in [0.717, 1.165) is 6.07 Å². The second kappa shape index (κ2) is 5.92. The minimum atomic E-state index is -4.45. The predicted molar refractivity (Wildman–Crippen MR) is 61.3 cm³/mol. The van der Waals surface area contributed by atoms with Crippen LogP contribution in [0, 0.1) is 0 Å². The van der Waals surface area contributed by atoms with E-state index in [4.69, 9.17) is 11.3 Å². The Morgan fingerprint density at radius 2 is 2.22 bits per heavy atom. The van der Waals surface area contributed by atoms with Gasteiger partial charge in [-0.3, -0.25) is 0 Å². The van der Waals surface area contributed by atoms with Gasteiger partial charge in [0.15, 0.2) is 0 Å². The van der Waals surface area contributed by atoms with Gasteiger partial charge in [-0.05, 0) is 18.0 Å². The molecule has 96 valence electrons. The Balaban J connectivity index is 2.84. The van der Waals surface area contributed by atoms with Crippen molar-refractivity contribution in [3.05, 3.63) is 39.9 Å². The van der Waals surface area contributed by atoms with Crippen molar-refractivity contribution in [2.75, 3.05) is 12.3 Å². The van der Waals surface area contributed by atoms with E-state index in [1.165, 1.54) is 6.08 Å². The van der Waals surface area contributed by atoms with Gasteiger partial charge in [0, 0.05) is 23.2 Å². The summed E-state index contributed by atoms with van der Waals surface area (Å²) in [5.74, 6) is 0.0167. The minimum Gasteiger partial charge on any atom is -0.383 e. The van der Waals surface area contributed by atoms with Crippen LogP contribution in [0.15, 0.2) is 23.5 Å². The van der Waals surface area contributed by atoms with Gasteiger partial charge in [-0.1, -0.05) is 17.3 Å². The Morgan fingerprint density at radius 3 is 2.83 bits per heavy atom. The normalized spacial score (nSPS) is 11.5. The first-order valence-corrected chi connectivity index (χ1v) is 4.95. The van der Waals surface area contributed by atoms with Crippen LogP contribution in [0.5, 0.6) is 0 Å². The second-order valence-corrected chi connectivity index (χ2v) is 3.34. The number of nitrogens with two attached hydrogens (primary N) is 1. The van der Waals surface area contributed by atoms with E-state index >= 15 is 0 Å². The van der Waals surface area contributed by atoms with Crippen molar-refractivity contribution < 1.29 is 13.2 Å².